The van der Waals surface area contributed by atoms with Gasteiger partial charge in [0.2, 0.25) is 0 Å². The van der Waals surface area contributed by atoms with Crippen molar-refractivity contribution >= 4 is 15.9 Å². The Bertz CT molecular complexity index is 459. The molecule has 1 heterocycles. The Hall–Kier alpha value is -0.580. The molecular weight excluding hydrogens is 342 g/mol. The minimum Gasteiger partial charge on any atom is -0.493 e. The molecule has 1 aliphatic heterocycles. The fourth-order valence-electron chi connectivity index (χ4n) is 3.20. The molecule has 0 radical (unpaired) electrons. The standard InChI is InChI=1S/C18H28BrNO2/c1-13-9-17(19)10-14(2)18(13)21-8-6-5-7-20-11-15(3)22-16(4)12-20/h9-10,15-16H,5-8,11-12H2,1-4H3. The van der Waals surface area contributed by atoms with Gasteiger partial charge >= 0.3 is 0 Å². The first-order valence-corrected chi connectivity index (χ1v) is 9.02. The van der Waals surface area contributed by atoms with E-state index in [0.717, 1.165) is 42.9 Å². The predicted molar refractivity (Wildman–Crippen MR) is 94.8 cm³/mol. The van der Waals surface area contributed by atoms with E-state index in [4.69, 9.17) is 9.47 Å². The molecule has 2 unspecified atom stereocenters. The number of aryl methyl sites for hydroxylation is 2. The second-order valence-electron chi connectivity index (χ2n) is 6.44. The van der Waals surface area contributed by atoms with Gasteiger partial charge in [-0.05, 0) is 70.3 Å². The molecule has 0 aliphatic carbocycles. The monoisotopic (exact) mass is 369 g/mol. The molecule has 0 N–H and O–H groups in total. The summed E-state index contributed by atoms with van der Waals surface area (Å²) in [6.45, 7) is 12.5. The van der Waals surface area contributed by atoms with E-state index in [9.17, 15) is 0 Å². The lowest BCUT2D eigenvalue weighted by molar-refractivity contribution is -0.0682. The van der Waals surface area contributed by atoms with E-state index in [1.54, 1.807) is 0 Å². The van der Waals surface area contributed by atoms with E-state index < -0.39 is 0 Å². The van der Waals surface area contributed by atoms with Crippen LogP contribution in [-0.4, -0.2) is 43.3 Å². The summed E-state index contributed by atoms with van der Waals surface area (Å²) in [5.41, 5.74) is 2.39. The molecule has 4 heteroatoms. The van der Waals surface area contributed by atoms with Crippen LogP contribution in [0.25, 0.3) is 0 Å². The maximum absolute atomic E-state index is 5.99. The predicted octanol–water partition coefficient (Wildman–Crippen LogP) is 4.33. The van der Waals surface area contributed by atoms with Gasteiger partial charge in [0.05, 0.1) is 18.8 Å². The number of hydrogen-bond donors (Lipinski definition) is 0. The van der Waals surface area contributed by atoms with Crippen molar-refractivity contribution in [2.45, 2.75) is 52.7 Å². The van der Waals surface area contributed by atoms with Crippen molar-refractivity contribution in [3.63, 3.8) is 0 Å². The number of ether oxygens (including phenoxy) is 2. The van der Waals surface area contributed by atoms with Crippen LogP contribution in [-0.2, 0) is 4.74 Å². The van der Waals surface area contributed by atoms with Gasteiger partial charge < -0.3 is 9.47 Å². The molecule has 2 rings (SSSR count). The molecule has 1 aromatic rings. The molecule has 0 amide bonds. The lowest BCUT2D eigenvalue weighted by Crippen LogP contribution is -2.45. The Labute approximate surface area is 143 Å². The maximum atomic E-state index is 5.99. The Kier molecular flexibility index (Phi) is 6.72. The van der Waals surface area contributed by atoms with E-state index in [2.05, 4.69) is 60.7 Å². The van der Waals surface area contributed by atoms with Gasteiger partial charge in [-0.25, -0.2) is 0 Å². The minimum absolute atomic E-state index is 0.355. The first kappa shape index (κ1) is 17.8. The highest BCUT2D eigenvalue weighted by Gasteiger charge is 2.21. The molecule has 3 nitrogen and oxygen atoms in total. The van der Waals surface area contributed by atoms with Crippen LogP contribution in [0.15, 0.2) is 16.6 Å². The fourth-order valence-corrected chi connectivity index (χ4v) is 3.89. The van der Waals surface area contributed by atoms with Crippen LogP contribution in [0.1, 0.15) is 37.8 Å². The van der Waals surface area contributed by atoms with Crippen molar-refractivity contribution in [3.8, 4) is 5.75 Å². The van der Waals surface area contributed by atoms with Gasteiger partial charge in [0.15, 0.2) is 0 Å². The number of rotatable bonds is 6. The van der Waals surface area contributed by atoms with Crippen LogP contribution in [0.3, 0.4) is 0 Å². The SMILES string of the molecule is Cc1cc(Br)cc(C)c1OCCCCN1CC(C)OC(C)C1. The van der Waals surface area contributed by atoms with E-state index in [-0.39, 0.29) is 0 Å². The largest absolute Gasteiger partial charge is 0.493 e. The third-order valence-corrected chi connectivity index (χ3v) is 4.49. The number of hydrogen-bond acceptors (Lipinski definition) is 3. The summed E-state index contributed by atoms with van der Waals surface area (Å²) in [6, 6.07) is 4.22. The lowest BCUT2D eigenvalue weighted by Gasteiger charge is -2.35. The molecule has 0 saturated carbocycles. The van der Waals surface area contributed by atoms with Crippen LogP contribution in [0, 0.1) is 13.8 Å². The van der Waals surface area contributed by atoms with E-state index in [1.165, 1.54) is 17.5 Å². The number of halogens is 1. The summed E-state index contributed by atoms with van der Waals surface area (Å²) in [7, 11) is 0. The number of unbranched alkanes of at least 4 members (excludes halogenated alkanes) is 1. The summed E-state index contributed by atoms with van der Waals surface area (Å²) < 4.78 is 12.9. The first-order chi connectivity index (χ1) is 10.5. The molecule has 124 valence electrons. The summed E-state index contributed by atoms with van der Waals surface area (Å²) in [6.07, 6.45) is 2.98. The molecule has 22 heavy (non-hydrogen) atoms. The Morgan fingerprint density at radius 2 is 1.73 bits per heavy atom. The number of benzene rings is 1. The zero-order chi connectivity index (χ0) is 16.1. The molecular formula is C18H28BrNO2. The highest BCUT2D eigenvalue weighted by Crippen LogP contribution is 2.27. The molecule has 1 saturated heterocycles. The third-order valence-electron chi connectivity index (χ3n) is 4.04. The van der Waals surface area contributed by atoms with Gasteiger partial charge in [-0.3, -0.25) is 4.90 Å². The van der Waals surface area contributed by atoms with Crippen LogP contribution in [0.4, 0.5) is 0 Å². The normalized spacial score (nSPS) is 22.8. The van der Waals surface area contributed by atoms with Crippen molar-refractivity contribution in [1.82, 2.24) is 4.90 Å². The smallest absolute Gasteiger partial charge is 0.125 e. The molecule has 0 bridgehead atoms. The van der Waals surface area contributed by atoms with Gasteiger partial charge in [-0.15, -0.1) is 0 Å². The second-order valence-corrected chi connectivity index (χ2v) is 7.36. The van der Waals surface area contributed by atoms with Gasteiger partial charge in [0.25, 0.3) is 0 Å². The average Bonchev–Trinajstić information content (AvgIpc) is 2.39. The van der Waals surface area contributed by atoms with E-state index in [0.29, 0.717) is 12.2 Å². The molecule has 1 aliphatic rings. The zero-order valence-corrected chi connectivity index (χ0v) is 15.8. The minimum atomic E-state index is 0.355. The van der Waals surface area contributed by atoms with Crippen molar-refractivity contribution in [3.05, 3.63) is 27.7 Å². The summed E-state index contributed by atoms with van der Waals surface area (Å²) in [5, 5.41) is 0. The number of morpholine rings is 1. The van der Waals surface area contributed by atoms with Crippen LogP contribution in [0.2, 0.25) is 0 Å². The molecule has 1 fully saturated rings. The lowest BCUT2D eigenvalue weighted by atomic mass is 10.1. The number of nitrogens with zero attached hydrogens (tertiary/aromatic N) is 1. The summed E-state index contributed by atoms with van der Waals surface area (Å²) in [5.74, 6) is 1.04. The fraction of sp³-hybridized carbons (Fsp3) is 0.667. The van der Waals surface area contributed by atoms with Crippen molar-refractivity contribution in [2.24, 2.45) is 0 Å². The van der Waals surface area contributed by atoms with Crippen molar-refractivity contribution < 1.29 is 9.47 Å². The van der Waals surface area contributed by atoms with E-state index in [1.807, 2.05) is 0 Å². The van der Waals surface area contributed by atoms with Crippen LogP contribution >= 0.6 is 15.9 Å². The quantitative estimate of drug-likeness (QED) is 0.696. The van der Waals surface area contributed by atoms with Gasteiger partial charge in [0, 0.05) is 17.6 Å². The van der Waals surface area contributed by atoms with Crippen molar-refractivity contribution in [1.29, 1.82) is 0 Å². The molecule has 2 atom stereocenters. The van der Waals surface area contributed by atoms with Gasteiger partial charge in [0.1, 0.15) is 5.75 Å². The topological polar surface area (TPSA) is 21.7 Å². The van der Waals surface area contributed by atoms with Crippen LogP contribution < -0.4 is 4.74 Å². The third kappa shape index (κ3) is 5.25. The molecule has 1 aromatic carbocycles. The highest BCUT2D eigenvalue weighted by atomic mass is 79.9. The van der Waals surface area contributed by atoms with Crippen molar-refractivity contribution in [2.75, 3.05) is 26.2 Å². The highest BCUT2D eigenvalue weighted by molar-refractivity contribution is 9.10. The Morgan fingerprint density at radius 3 is 2.32 bits per heavy atom. The second kappa shape index (κ2) is 8.32. The van der Waals surface area contributed by atoms with Crippen LogP contribution in [0.5, 0.6) is 5.75 Å². The zero-order valence-electron chi connectivity index (χ0n) is 14.2. The Balaban J connectivity index is 1.69. The molecule has 0 aromatic heterocycles. The Morgan fingerprint density at radius 1 is 1.14 bits per heavy atom. The summed E-state index contributed by atoms with van der Waals surface area (Å²) in [4.78, 5) is 2.51. The first-order valence-electron chi connectivity index (χ1n) is 8.23. The van der Waals surface area contributed by atoms with E-state index >= 15 is 0 Å². The average molecular weight is 370 g/mol. The summed E-state index contributed by atoms with van der Waals surface area (Å²) >= 11 is 3.52. The van der Waals surface area contributed by atoms with Gasteiger partial charge in [-0.2, -0.15) is 0 Å². The molecule has 0 spiro atoms. The maximum Gasteiger partial charge on any atom is 0.125 e. The van der Waals surface area contributed by atoms with Gasteiger partial charge in [-0.1, -0.05) is 15.9 Å².